The number of benzene rings is 3. The molecule has 4 heterocycles. The number of aryl methyl sites for hydroxylation is 2. The third kappa shape index (κ3) is 6.73. The molecule has 0 nitrogen and oxygen atoms in total. The van der Waals surface area contributed by atoms with Crippen LogP contribution >= 0.6 is 59.6 Å². The Morgan fingerprint density at radius 3 is 1.07 bits per heavy atom. The molecule has 4 aliphatic carbocycles. The summed E-state index contributed by atoms with van der Waals surface area (Å²) in [6.45, 7) is 4.79. The first-order chi connectivity index (χ1) is 29.4. The number of fused-ring (bicyclic) bond motifs is 11. The van der Waals surface area contributed by atoms with E-state index in [4.69, 9.17) is 15.1 Å². The van der Waals surface area contributed by atoms with E-state index < -0.39 is 14.3 Å². The summed E-state index contributed by atoms with van der Waals surface area (Å²) in [5.74, 6) is 0. The molecule has 4 fully saturated rings. The standard InChI is InChI=1S/C52H64B2P2S4/c1-3-17-37-38(18-4-2)52-50(48-40-32-46(58-42(40)28-30-44(48)60-52)56(54,35-23-13-7-14-24-35)36-25-15-8-16-26-36)49-47-39-31-45(57-41(39)27-29-43(47)59-51(37)49)55(53,33-19-9-5-10-20-33)34-21-11-6-12-22-34/h27-36H,3-26H2,1-2H3/q+2. The summed E-state index contributed by atoms with van der Waals surface area (Å²) in [6.07, 6.45) is 32.0. The van der Waals surface area contributed by atoms with Crippen molar-refractivity contribution in [2.75, 3.05) is 0 Å². The first-order valence-corrected chi connectivity index (χ1v) is 31.8. The van der Waals surface area contributed by atoms with E-state index in [0.717, 1.165) is 12.8 Å². The molecule has 3 aromatic carbocycles. The van der Waals surface area contributed by atoms with Gasteiger partial charge in [-0.3, -0.25) is 0 Å². The highest BCUT2D eigenvalue weighted by Gasteiger charge is 2.52. The van der Waals surface area contributed by atoms with Crippen molar-refractivity contribution in [1.82, 2.24) is 0 Å². The molecule has 0 bridgehead atoms. The quantitative estimate of drug-likeness (QED) is 0.0948. The summed E-state index contributed by atoms with van der Waals surface area (Å²) in [7, 11) is 12.7. The van der Waals surface area contributed by atoms with Gasteiger partial charge in [0.25, 0.3) is 0 Å². The zero-order valence-corrected chi connectivity index (χ0v) is 41.5. The summed E-state index contributed by atoms with van der Waals surface area (Å²) in [5, 5.41) is 9.23. The maximum Gasteiger partial charge on any atom is 0.372 e. The highest BCUT2D eigenvalue weighted by atomic mass is 32.1. The number of hydrogen-bond acceptors (Lipinski definition) is 4. The van der Waals surface area contributed by atoms with Crippen LogP contribution in [0.15, 0.2) is 36.4 Å². The van der Waals surface area contributed by atoms with E-state index in [1.54, 1.807) is 40.5 Å². The molecule has 0 unspecified atom stereocenters. The predicted molar refractivity (Wildman–Crippen MR) is 283 cm³/mol. The molecule has 8 heteroatoms. The number of rotatable bonds is 10. The summed E-state index contributed by atoms with van der Waals surface area (Å²) < 4.78 is 12.3. The van der Waals surface area contributed by atoms with Crippen molar-refractivity contribution in [1.29, 1.82) is 0 Å². The molecular formula is C52H64B2P2S4+2. The molecular weight excluding hydrogens is 836 g/mol. The average molecular weight is 901 g/mol. The smallest absolute Gasteiger partial charge is 0.135 e. The molecule has 0 amide bonds. The molecule has 11 rings (SSSR count). The monoisotopic (exact) mass is 900 g/mol. The third-order valence-corrected chi connectivity index (χ3v) is 31.7. The van der Waals surface area contributed by atoms with Crippen molar-refractivity contribution in [3.8, 4) is 0 Å². The fourth-order valence-electron chi connectivity index (χ4n) is 13.3. The molecule has 4 aliphatic rings. The van der Waals surface area contributed by atoms with E-state index in [9.17, 15) is 0 Å². The third-order valence-electron chi connectivity index (χ3n) is 16.3. The molecule has 0 aliphatic heterocycles. The number of hydrogen-bond donors (Lipinski definition) is 0. The largest absolute Gasteiger partial charge is 0.372 e. The highest BCUT2D eigenvalue weighted by Crippen LogP contribution is 2.71. The minimum Gasteiger partial charge on any atom is -0.135 e. The summed E-state index contributed by atoms with van der Waals surface area (Å²) in [5.41, 5.74) is 6.12. The summed E-state index contributed by atoms with van der Waals surface area (Å²) in [4.78, 5) is 0. The SMILES string of the molecule is [B][P+](c1cc2c(ccc3sc4c(CCC)c(CCC)c5sc6ccc7sc([P+]([B])(C8CCCCC8)C8CCCCC8)cc7c6c5c4c32)s1)(C1CCCCC1)C1CCCCC1. The molecule has 60 heavy (non-hydrogen) atoms. The molecule has 0 spiro atoms. The lowest BCUT2D eigenvalue weighted by Crippen LogP contribution is -2.33. The van der Waals surface area contributed by atoms with Crippen LogP contribution in [0.1, 0.15) is 166 Å². The van der Waals surface area contributed by atoms with Gasteiger partial charge in [-0.25, -0.2) is 0 Å². The summed E-state index contributed by atoms with van der Waals surface area (Å²) in [6, 6.07) is 15.4. The Balaban J connectivity index is 1.20. The van der Waals surface area contributed by atoms with Gasteiger partial charge in [-0.2, -0.15) is 0 Å². The minimum absolute atomic E-state index is 0.707. The molecule has 0 atom stereocenters. The van der Waals surface area contributed by atoms with Gasteiger partial charge in [0, 0.05) is 74.8 Å². The molecule has 0 saturated heterocycles. The number of thiophene rings is 4. The highest BCUT2D eigenvalue weighted by molar-refractivity contribution is 8.07. The predicted octanol–water partition coefficient (Wildman–Crippen LogP) is 17.5. The van der Waals surface area contributed by atoms with E-state index in [0.29, 0.717) is 22.6 Å². The van der Waals surface area contributed by atoms with Gasteiger partial charge in [-0.05, 0) is 163 Å². The van der Waals surface area contributed by atoms with Gasteiger partial charge in [0.1, 0.15) is 9.24 Å². The zero-order chi connectivity index (χ0) is 40.6. The second kappa shape index (κ2) is 17.1. The molecule has 310 valence electrons. The summed E-state index contributed by atoms with van der Waals surface area (Å²) >= 11 is 8.45. The van der Waals surface area contributed by atoms with Crippen molar-refractivity contribution in [3.63, 3.8) is 0 Å². The molecule has 4 aromatic heterocycles. The van der Waals surface area contributed by atoms with Crippen molar-refractivity contribution in [2.24, 2.45) is 0 Å². The maximum atomic E-state index is 8.16. The Labute approximate surface area is 379 Å². The molecule has 0 N–H and O–H groups in total. The normalized spacial score (nSPS) is 20.3. The van der Waals surface area contributed by atoms with Crippen LogP contribution in [-0.4, -0.2) is 37.8 Å². The van der Waals surface area contributed by atoms with Crippen molar-refractivity contribution in [3.05, 3.63) is 47.5 Å². The van der Waals surface area contributed by atoms with Gasteiger partial charge in [0.05, 0.1) is 22.6 Å². The van der Waals surface area contributed by atoms with Crippen LogP contribution in [0.3, 0.4) is 0 Å². The van der Waals surface area contributed by atoms with E-state index in [1.807, 2.05) is 0 Å². The van der Waals surface area contributed by atoms with Crippen molar-refractivity contribution < 1.29 is 0 Å². The second-order valence-electron chi connectivity index (χ2n) is 19.8. The van der Waals surface area contributed by atoms with Crippen LogP contribution in [0, 0.1) is 0 Å². The van der Waals surface area contributed by atoms with Crippen molar-refractivity contribution in [2.45, 2.75) is 191 Å². The van der Waals surface area contributed by atoms with Crippen molar-refractivity contribution >= 4 is 145 Å². The van der Waals surface area contributed by atoms with Crippen LogP contribution in [0.25, 0.3) is 60.5 Å². The van der Waals surface area contributed by atoms with Crippen LogP contribution in [0.4, 0.5) is 0 Å². The first kappa shape index (κ1) is 41.7. The van der Waals surface area contributed by atoms with E-state index in [1.165, 1.54) is 182 Å². The van der Waals surface area contributed by atoms with E-state index >= 15 is 0 Å². The minimum atomic E-state index is -1.83. The van der Waals surface area contributed by atoms with Gasteiger partial charge in [0.2, 0.25) is 0 Å². The Kier molecular flexibility index (Phi) is 11.9. The topological polar surface area (TPSA) is 0 Å². The Bertz CT molecular complexity index is 2450. The van der Waals surface area contributed by atoms with Gasteiger partial charge < -0.3 is 0 Å². The van der Waals surface area contributed by atoms with Crippen LogP contribution < -0.4 is 9.24 Å². The van der Waals surface area contributed by atoms with E-state index in [-0.39, 0.29) is 0 Å². The zero-order valence-electron chi connectivity index (χ0n) is 36.4. The molecule has 7 aromatic rings. The maximum absolute atomic E-state index is 8.16. The van der Waals surface area contributed by atoms with Gasteiger partial charge in [-0.15, -0.1) is 45.3 Å². The lowest BCUT2D eigenvalue weighted by atomic mass is 9.92. The Morgan fingerprint density at radius 2 is 0.750 bits per heavy atom. The fourth-order valence-corrected chi connectivity index (χ4v) is 29.5. The van der Waals surface area contributed by atoms with Crippen LogP contribution in [0.2, 0.25) is 0 Å². The molecule has 4 saturated carbocycles. The van der Waals surface area contributed by atoms with Gasteiger partial charge >= 0.3 is 15.1 Å². The average Bonchev–Trinajstić information content (AvgIpc) is 4.11. The molecule has 4 radical (unpaired) electrons. The fraction of sp³-hybridized carbons (Fsp3) is 0.577. The lowest BCUT2D eigenvalue weighted by Gasteiger charge is -2.40. The lowest BCUT2D eigenvalue weighted by molar-refractivity contribution is 0.485. The van der Waals surface area contributed by atoms with E-state index in [2.05, 4.69) is 95.6 Å². The Hall–Kier alpha value is -0.990. The first-order valence-electron chi connectivity index (χ1n) is 24.5. The van der Waals surface area contributed by atoms with Gasteiger partial charge in [0.15, 0.2) is 0 Å². The van der Waals surface area contributed by atoms with Crippen LogP contribution in [0.5, 0.6) is 0 Å². The Morgan fingerprint density at radius 1 is 0.433 bits per heavy atom. The van der Waals surface area contributed by atoms with Gasteiger partial charge in [-0.1, -0.05) is 52.4 Å². The van der Waals surface area contributed by atoms with Crippen LogP contribution in [-0.2, 0) is 12.8 Å². The second-order valence-corrected chi connectivity index (χ2v) is 31.9.